The molecular weight excluding hydrogens is 333 g/mol. The topological polar surface area (TPSA) is 55.4 Å². The molecule has 0 radical (unpaired) electrons. The summed E-state index contributed by atoms with van der Waals surface area (Å²) in [5, 5.41) is 2.60. The predicted octanol–water partition coefficient (Wildman–Crippen LogP) is 3.69. The van der Waals surface area contributed by atoms with Crippen LogP contribution in [-0.2, 0) is 0 Å². The monoisotopic (exact) mass is 353 g/mol. The van der Waals surface area contributed by atoms with Gasteiger partial charge in [-0.05, 0) is 48.6 Å². The maximum absolute atomic E-state index is 13.7. The van der Waals surface area contributed by atoms with Gasteiger partial charge in [0, 0.05) is 30.5 Å². The molecule has 1 N–H and O–H groups in total. The zero-order chi connectivity index (χ0) is 18.3. The summed E-state index contributed by atoms with van der Waals surface area (Å²) in [5.41, 5.74) is 2.44. The molecule has 4 nitrogen and oxygen atoms in total. The number of amides is 1. The SMILES string of the molecule is CNC(=O)c1cc(C(=O)CC2CC2)cc2c1OC[C@@H]2c1cccc(F)c1. The van der Waals surface area contributed by atoms with Crippen LogP contribution in [0.25, 0.3) is 0 Å². The number of carbonyl (C=O) groups excluding carboxylic acids is 2. The summed E-state index contributed by atoms with van der Waals surface area (Å²) in [6.07, 6.45) is 2.69. The number of hydrogen-bond acceptors (Lipinski definition) is 3. The van der Waals surface area contributed by atoms with E-state index in [2.05, 4.69) is 5.32 Å². The molecule has 1 amide bonds. The van der Waals surface area contributed by atoms with Crippen LogP contribution >= 0.6 is 0 Å². The summed E-state index contributed by atoms with van der Waals surface area (Å²) < 4.78 is 19.5. The molecule has 5 heteroatoms. The molecule has 0 unspecified atom stereocenters. The molecular formula is C21H20FNO3. The van der Waals surface area contributed by atoms with E-state index in [1.165, 1.54) is 12.1 Å². The number of carbonyl (C=O) groups is 2. The molecule has 1 saturated carbocycles. The second-order valence-electron chi connectivity index (χ2n) is 7.01. The Morgan fingerprint density at radius 1 is 1.23 bits per heavy atom. The van der Waals surface area contributed by atoms with E-state index in [-0.39, 0.29) is 23.4 Å². The largest absolute Gasteiger partial charge is 0.491 e. The molecule has 1 heterocycles. The first-order valence-electron chi connectivity index (χ1n) is 8.88. The lowest BCUT2D eigenvalue weighted by molar-refractivity contribution is 0.0960. The van der Waals surface area contributed by atoms with Gasteiger partial charge in [-0.1, -0.05) is 12.1 Å². The molecule has 2 aliphatic rings. The smallest absolute Gasteiger partial charge is 0.254 e. The van der Waals surface area contributed by atoms with Gasteiger partial charge in [-0.3, -0.25) is 9.59 Å². The van der Waals surface area contributed by atoms with Crippen molar-refractivity contribution in [3.8, 4) is 5.75 Å². The fourth-order valence-corrected chi connectivity index (χ4v) is 3.49. The van der Waals surface area contributed by atoms with Gasteiger partial charge in [0.05, 0.1) is 12.2 Å². The van der Waals surface area contributed by atoms with Crippen molar-refractivity contribution in [2.24, 2.45) is 5.92 Å². The highest BCUT2D eigenvalue weighted by Crippen LogP contribution is 2.42. The quantitative estimate of drug-likeness (QED) is 0.834. The van der Waals surface area contributed by atoms with Crippen LogP contribution in [0.4, 0.5) is 4.39 Å². The lowest BCUT2D eigenvalue weighted by Crippen LogP contribution is -2.19. The Hall–Kier alpha value is -2.69. The lowest BCUT2D eigenvalue weighted by Gasteiger charge is -2.12. The molecule has 0 saturated heterocycles. The Labute approximate surface area is 151 Å². The second kappa shape index (κ2) is 6.56. The highest BCUT2D eigenvalue weighted by atomic mass is 19.1. The van der Waals surface area contributed by atoms with Gasteiger partial charge in [-0.25, -0.2) is 4.39 Å². The minimum atomic E-state index is -0.316. The highest BCUT2D eigenvalue weighted by Gasteiger charge is 2.32. The third kappa shape index (κ3) is 3.09. The van der Waals surface area contributed by atoms with Crippen LogP contribution < -0.4 is 10.1 Å². The molecule has 2 aromatic carbocycles. The Morgan fingerprint density at radius 3 is 2.73 bits per heavy atom. The van der Waals surface area contributed by atoms with E-state index in [1.807, 2.05) is 12.1 Å². The predicted molar refractivity (Wildman–Crippen MR) is 95.2 cm³/mol. The van der Waals surface area contributed by atoms with Crippen molar-refractivity contribution < 1.29 is 18.7 Å². The number of halogens is 1. The summed E-state index contributed by atoms with van der Waals surface area (Å²) in [4.78, 5) is 24.9. The van der Waals surface area contributed by atoms with Crippen molar-refractivity contribution in [3.63, 3.8) is 0 Å². The van der Waals surface area contributed by atoms with Crippen LogP contribution in [0.15, 0.2) is 36.4 Å². The van der Waals surface area contributed by atoms with Crippen LogP contribution in [0.5, 0.6) is 5.75 Å². The molecule has 1 fully saturated rings. The Bertz CT molecular complexity index is 889. The van der Waals surface area contributed by atoms with Crippen LogP contribution in [0.2, 0.25) is 0 Å². The van der Waals surface area contributed by atoms with Gasteiger partial charge in [-0.15, -0.1) is 0 Å². The average molecular weight is 353 g/mol. The molecule has 1 aliphatic heterocycles. The van der Waals surface area contributed by atoms with Crippen molar-refractivity contribution >= 4 is 11.7 Å². The van der Waals surface area contributed by atoms with E-state index in [0.717, 1.165) is 24.0 Å². The molecule has 26 heavy (non-hydrogen) atoms. The van der Waals surface area contributed by atoms with E-state index in [9.17, 15) is 14.0 Å². The van der Waals surface area contributed by atoms with Gasteiger partial charge in [0.25, 0.3) is 5.91 Å². The maximum Gasteiger partial charge on any atom is 0.254 e. The standard InChI is InChI=1S/C21H20FNO3/c1-23-21(25)17-10-14(19(24)7-12-5-6-12)9-16-18(11-26-20(16)17)13-3-2-4-15(22)8-13/h2-4,8-10,12,18H,5-7,11H2,1H3,(H,23,25)/t18-/m1/s1. The van der Waals surface area contributed by atoms with Gasteiger partial charge < -0.3 is 10.1 Å². The molecule has 2 aromatic rings. The minimum Gasteiger partial charge on any atom is -0.491 e. The number of fused-ring (bicyclic) bond motifs is 1. The number of ether oxygens (including phenoxy) is 1. The number of Topliss-reactive ketones (excluding diaryl/α,β-unsaturated/α-hetero) is 1. The highest BCUT2D eigenvalue weighted by molar-refractivity contribution is 6.03. The van der Waals surface area contributed by atoms with Crippen molar-refractivity contribution in [2.75, 3.05) is 13.7 Å². The lowest BCUT2D eigenvalue weighted by atomic mass is 9.89. The maximum atomic E-state index is 13.7. The van der Waals surface area contributed by atoms with Crippen LogP contribution in [-0.4, -0.2) is 25.3 Å². The van der Waals surface area contributed by atoms with Crippen LogP contribution in [0, 0.1) is 11.7 Å². The first kappa shape index (κ1) is 16.8. The Kier molecular flexibility index (Phi) is 4.23. The summed E-state index contributed by atoms with van der Waals surface area (Å²) >= 11 is 0. The normalized spacial score (nSPS) is 18.2. The third-order valence-electron chi connectivity index (χ3n) is 5.10. The third-order valence-corrected chi connectivity index (χ3v) is 5.10. The first-order valence-corrected chi connectivity index (χ1v) is 8.88. The van der Waals surface area contributed by atoms with Gasteiger partial charge in [0.1, 0.15) is 11.6 Å². The van der Waals surface area contributed by atoms with Gasteiger partial charge in [0.2, 0.25) is 0 Å². The summed E-state index contributed by atoms with van der Waals surface area (Å²) in [5.74, 6) is 0.199. The van der Waals surface area contributed by atoms with Crippen molar-refractivity contribution in [1.82, 2.24) is 5.32 Å². The molecule has 1 aliphatic carbocycles. The zero-order valence-electron chi connectivity index (χ0n) is 14.5. The minimum absolute atomic E-state index is 0.0466. The van der Waals surface area contributed by atoms with Crippen molar-refractivity contribution in [2.45, 2.75) is 25.2 Å². The summed E-state index contributed by atoms with van der Waals surface area (Å²) in [6.45, 7) is 0.322. The molecule has 134 valence electrons. The number of benzene rings is 2. The summed E-state index contributed by atoms with van der Waals surface area (Å²) in [6, 6.07) is 9.80. The van der Waals surface area contributed by atoms with E-state index < -0.39 is 0 Å². The van der Waals surface area contributed by atoms with E-state index in [0.29, 0.717) is 35.8 Å². The fraction of sp³-hybridized carbons (Fsp3) is 0.333. The first-order chi connectivity index (χ1) is 12.6. The Morgan fingerprint density at radius 2 is 2.04 bits per heavy atom. The number of nitrogens with one attached hydrogen (secondary N) is 1. The van der Waals surface area contributed by atoms with Gasteiger partial charge in [-0.2, -0.15) is 0 Å². The van der Waals surface area contributed by atoms with Crippen molar-refractivity contribution in [3.05, 3.63) is 64.5 Å². The second-order valence-corrected chi connectivity index (χ2v) is 7.01. The number of ketones is 1. The van der Waals surface area contributed by atoms with Gasteiger partial charge >= 0.3 is 0 Å². The van der Waals surface area contributed by atoms with Crippen LogP contribution in [0.1, 0.15) is 57.0 Å². The molecule has 4 rings (SSSR count). The number of hydrogen-bond donors (Lipinski definition) is 1. The number of rotatable bonds is 5. The fourth-order valence-electron chi connectivity index (χ4n) is 3.49. The van der Waals surface area contributed by atoms with Crippen molar-refractivity contribution in [1.29, 1.82) is 0 Å². The molecule has 1 atom stereocenters. The average Bonchev–Trinajstić information content (AvgIpc) is 3.35. The molecule has 0 spiro atoms. The van der Waals surface area contributed by atoms with E-state index in [4.69, 9.17) is 4.74 Å². The van der Waals surface area contributed by atoms with Gasteiger partial charge in [0.15, 0.2) is 5.78 Å². The molecule has 0 bridgehead atoms. The van der Waals surface area contributed by atoms with E-state index >= 15 is 0 Å². The van der Waals surface area contributed by atoms with E-state index in [1.54, 1.807) is 19.2 Å². The Balaban J connectivity index is 1.78. The molecule has 0 aromatic heterocycles. The van der Waals surface area contributed by atoms with Crippen LogP contribution in [0.3, 0.4) is 0 Å². The zero-order valence-corrected chi connectivity index (χ0v) is 14.5. The summed E-state index contributed by atoms with van der Waals surface area (Å²) in [7, 11) is 1.55.